The van der Waals surface area contributed by atoms with Crippen molar-refractivity contribution in [3.8, 4) is 0 Å². The van der Waals surface area contributed by atoms with Crippen molar-refractivity contribution in [3.63, 3.8) is 0 Å². The van der Waals surface area contributed by atoms with E-state index in [0.717, 1.165) is 62.2 Å². The largest absolute Gasteiger partial charge is 0.356 e. The zero-order valence-electron chi connectivity index (χ0n) is 16.3. The van der Waals surface area contributed by atoms with E-state index in [9.17, 15) is 9.18 Å². The molecule has 0 unspecified atom stereocenters. The Morgan fingerprint density at radius 2 is 1.86 bits per heavy atom. The van der Waals surface area contributed by atoms with Crippen LogP contribution < -0.4 is 4.90 Å². The summed E-state index contributed by atoms with van der Waals surface area (Å²) in [6, 6.07) is 13.0. The van der Waals surface area contributed by atoms with Gasteiger partial charge in [-0.3, -0.25) is 9.69 Å². The number of benzene rings is 2. The number of likely N-dealkylation sites (tertiary alicyclic amines) is 1. The lowest BCUT2D eigenvalue weighted by atomic mass is 9.91. The van der Waals surface area contributed by atoms with Crippen LogP contribution in [-0.2, 0) is 11.3 Å². The molecule has 0 spiro atoms. The first kappa shape index (κ1) is 18.3. The van der Waals surface area contributed by atoms with Gasteiger partial charge in [-0.15, -0.1) is 0 Å². The Balaban J connectivity index is 1.20. The number of rotatable bonds is 4. The maximum absolute atomic E-state index is 13.4. The number of hydrogen-bond acceptors (Lipinski definition) is 4. The monoisotopic (exact) mass is 393 g/mol. The van der Waals surface area contributed by atoms with Crippen molar-refractivity contribution < 1.29 is 13.7 Å². The fraction of sp³-hybridized carbons (Fsp3) is 0.391. The van der Waals surface area contributed by atoms with Gasteiger partial charge in [0.2, 0.25) is 5.91 Å². The van der Waals surface area contributed by atoms with Crippen molar-refractivity contribution in [1.82, 2.24) is 10.1 Å². The highest BCUT2D eigenvalue weighted by molar-refractivity contribution is 5.95. The second kappa shape index (κ2) is 7.59. The fourth-order valence-electron chi connectivity index (χ4n) is 4.55. The predicted octanol–water partition coefficient (Wildman–Crippen LogP) is 4.47. The molecule has 29 heavy (non-hydrogen) atoms. The Bertz CT molecular complexity index is 1020. The molecule has 3 heterocycles. The summed E-state index contributed by atoms with van der Waals surface area (Å²) in [4.78, 5) is 16.2. The van der Waals surface area contributed by atoms with Crippen LogP contribution in [0.15, 0.2) is 47.0 Å². The number of nitrogens with zero attached hydrogens (tertiary/aromatic N) is 3. The summed E-state index contributed by atoms with van der Waals surface area (Å²) >= 11 is 0. The number of carbonyl (C=O) groups excluding carboxylic acids is 1. The number of fused-ring (bicyclic) bond motifs is 1. The van der Waals surface area contributed by atoms with E-state index in [4.69, 9.17) is 4.52 Å². The minimum absolute atomic E-state index is 0.225. The lowest BCUT2D eigenvalue weighted by Gasteiger charge is -2.31. The minimum Gasteiger partial charge on any atom is -0.356 e. The molecule has 1 amide bonds. The molecule has 0 aliphatic carbocycles. The SMILES string of the molecule is O=C1CCCN1c1ccc(CN2CCC(c3noc4cc(F)ccc34)CC2)cc1. The van der Waals surface area contributed by atoms with Crippen LogP contribution in [0.1, 0.15) is 42.9 Å². The third kappa shape index (κ3) is 3.65. The summed E-state index contributed by atoms with van der Waals surface area (Å²) in [5.74, 6) is 0.277. The smallest absolute Gasteiger partial charge is 0.227 e. The van der Waals surface area contributed by atoms with E-state index in [1.807, 2.05) is 4.90 Å². The first-order chi connectivity index (χ1) is 14.2. The van der Waals surface area contributed by atoms with Gasteiger partial charge in [-0.1, -0.05) is 17.3 Å². The third-order valence-corrected chi connectivity index (χ3v) is 6.16. The lowest BCUT2D eigenvalue weighted by Crippen LogP contribution is -2.32. The minimum atomic E-state index is -0.296. The van der Waals surface area contributed by atoms with Crippen LogP contribution in [0.3, 0.4) is 0 Å². The van der Waals surface area contributed by atoms with Crippen LogP contribution in [0, 0.1) is 5.82 Å². The van der Waals surface area contributed by atoms with Crippen molar-refractivity contribution >= 4 is 22.6 Å². The molecule has 0 bridgehead atoms. The average Bonchev–Trinajstić information content (AvgIpc) is 3.35. The lowest BCUT2D eigenvalue weighted by molar-refractivity contribution is -0.117. The van der Waals surface area contributed by atoms with Crippen molar-refractivity contribution in [1.29, 1.82) is 0 Å². The highest BCUT2D eigenvalue weighted by atomic mass is 19.1. The number of hydrogen-bond donors (Lipinski definition) is 0. The Morgan fingerprint density at radius 3 is 2.59 bits per heavy atom. The van der Waals surface area contributed by atoms with E-state index in [1.54, 1.807) is 6.07 Å². The van der Waals surface area contributed by atoms with Crippen LogP contribution in [0.4, 0.5) is 10.1 Å². The molecular formula is C23H24FN3O2. The standard InChI is InChI=1S/C23H24FN3O2/c24-18-5-8-20-21(14-18)29-25-23(20)17-9-12-26(13-10-17)15-16-3-6-19(7-4-16)27-11-1-2-22(27)28/h3-8,14,17H,1-2,9-13,15H2. The molecule has 2 fully saturated rings. The van der Waals surface area contributed by atoms with Gasteiger partial charge in [-0.25, -0.2) is 4.39 Å². The van der Waals surface area contributed by atoms with Gasteiger partial charge < -0.3 is 9.42 Å². The molecule has 0 atom stereocenters. The maximum Gasteiger partial charge on any atom is 0.227 e. The summed E-state index contributed by atoms with van der Waals surface area (Å²) in [5.41, 5.74) is 3.75. The topological polar surface area (TPSA) is 49.6 Å². The molecular weight excluding hydrogens is 369 g/mol. The zero-order valence-corrected chi connectivity index (χ0v) is 16.3. The quantitative estimate of drug-likeness (QED) is 0.656. The van der Waals surface area contributed by atoms with E-state index in [1.165, 1.54) is 17.7 Å². The Morgan fingerprint density at radius 1 is 1.07 bits per heavy atom. The van der Waals surface area contributed by atoms with Gasteiger partial charge in [0.25, 0.3) is 0 Å². The van der Waals surface area contributed by atoms with Crippen molar-refractivity contribution in [2.75, 3.05) is 24.5 Å². The molecule has 5 nitrogen and oxygen atoms in total. The van der Waals surface area contributed by atoms with Crippen LogP contribution in [0.2, 0.25) is 0 Å². The van der Waals surface area contributed by atoms with Crippen LogP contribution >= 0.6 is 0 Å². The van der Waals surface area contributed by atoms with Crippen LogP contribution in [0.25, 0.3) is 11.0 Å². The van der Waals surface area contributed by atoms with Crippen molar-refractivity contribution in [2.24, 2.45) is 0 Å². The van der Waals surface area contributed by atoms with E-state index in [-0.39, 0.29) is 11.7 Å². The predicted molar refractivity (Wildman–Crippen MR) is 109 cm³/mol. The zero-order chi connectivity index (χ0) is 19.8. The molecule has 2 aliphatic rings. The number of carbonyl (C=O) groups is 1. The molecule has 2 saturated heterocycles. The molecule has 6 heteroatoms. The third-order valence-electron chi connectivity index (χ3n) is 6.16. The van der Waals surface area contributed by atoms with E-state index >= 15 is 0 Å². The molecule has 0 radical (unpaired) electrons. The average molecular weight is 393 g/mol. The van der Waals surface area contributed by atoms with Gasteiger partial charge in [0.05, 0.1) is 5.69 Å². The Kier molecular flexibility index (Phi) is 4.79. The van der Waals surface area contributed by atoms with E-state index in [2.05, 4.69) is 34.3 Å². The first-order valence-electron chi connectivity index (χ1n) is 10.3. The van der Waals surface area contributed by atoms with E-state index < -0.39 is 0 Å². The molecule has 5 rings (SSSR count). The second-order valence-electron chi connectivity index (χ2n) is 8.07. The highest BCUT2D eigenvalue weighted by Gasteiger charge is 2.25. The van der Waals surface area contributed by atoms with E-state index in [0.29, 0.717) is 17.9 Å². The number of amides is 1. The number of piperidine rings is 1. The Labute approximate surface area is 169 Å². The van der Waals surface area contributed by atoms with Gasteiger partial charge in [-0.2, -0.15) is 0 Å². The van der Waals surface area contributed by atoms with Crippen molar-refractivity contribution in [2.45, 2.75) is 38.1 Å². The summed E-state index contributed by atoms with van der Waals surface area (Å²) in [7, 11) is 0. The van der Waals surface area contributed by atoms with Gasteiger partial charge in [0.15, 0.2) is 5.58 Å². The number of anilines is 1. The molecule has 2 aliphatic heterocycles. The molecule has 0 saturated carbocycles. The van der Waals surface area contributed by atoms with Crippen LogP contribution in [0.5, 0.6) is 0 Å². The summed E-state index contributed by atoms with van der Waals surface area (Å²) < 4.78 is 18.7. The van der Waals surface area contributed by atoms with Gasteiger partial charge in [-0.05, 0) is 62.2 Å². The summed E-state index contributed by atoms with van der Waals surface area (Å²) in [5, 5.41) is 5.16. The van der Waals surface area contributed by atoms with Crippen molar-refractivity contribution in [3.05, 3.63) is 59.5 Å². The van der Waals surface area contributed by atoms with Gasteiger partial charge in [0, 0.05) is 42.6 Å². The van der Waals surface area contributed by atoms with Gasteiger partial charge >= 0.3 is 0 Å². The first-order valence-corrected chi connectivity index (χ1v) is 10.3. The summed E-state index contributed by atoms with van der Waals surface area (Å²) in [6.07, 6.45) is 3.64. The molecule has 0 N–H and O–H groups in total. The Hall–Kier alpha value is -2.73. The normalized spacial score (nSPS) is 18.8. The fourth-order valence-corrected chi connectivity index (χ4v) is 4.55. The second-order valence-corrected chi connectivity index (χ2v) is 8.07. The highest BCUT2D eigenvalue weighted by Crippen LogP contribution is 2.33. The number of aromatic nitrogens is 1. The molecule has 1 aromatic heterocycles. The number of halogens is 1. The molecule has 2 aromatic carbocycles. The maximum atomic E-state index is 13.4. The molecule has 150 valence electrons. The summed E-state index contributed by atoms with van der Waals surface area (Å²) in [6.45, 7) is 3.72. The molecule has 3 aromatic rings. The van der Waals surface area contributed by atoms with Gasteiger partial charge in [0.1, 0.15) is 5.82 Å². The van der Waals surface area contributed by atoms with Crippen LogP contribution in [-0.4, -0.2) is 35.6 Å².